The highest BCUT2D eigenvalue weighted by Crippen LogP contribution is 2.34. The van der Waals surface area contributed by atoms with Gasteiger partial charge in [0.15, 0.2) is 6.04 Å². The fraction of sp³-hybridized carbons (Fsp3) is 0.417. The van der Waals surface area contributed by atoms with Crippen molar-refractivity contribution in [2.45, 2.75) is 31.2 Å². The summed E-state index contributed by atoms with van der Waals surface area (Å²) in [6.45, 7) is 0. The number of nitrogens with two attached hydrogens (primary N) is 2. The quantitative estimate of drug-likeness (QED) is 0.653. The van der Waals surface area contributed by atoms with Gasteiger partial charge in [0.25, 0.3) is 0 Å². The van der Waals surface area contributed by atoms with Crippen LogP contribution in [0.1, 0.15) is 29.2 Å². The van der Waals surface area contributed by atoms with Crippen LogP contribution in [0.4, 0.5) is 0 Å². The van der Waals surface area contributed by atoms with E-state index in [1.807, 2.05) is 11.4 Å². The summed E-state index contributed by atoms with van der Waals surface area (Å²) in [5.74, 6) is -2.59. The smallest absolute Gasteiger partial charge is 0.249 e. The molecule has 102 valence electrons. The highest BCUT2D eigenvalue weighted by atomic mass is 32.1. The van der Waals surface area contributed by atoms with Crippen LogP contribution in [-0.2, 0) is 20.8 Å². The van der Waals surface area contributed by atoms with Crippen molar-refractivity contribution in [1.82, 2.24) is 5.32 Å². The van der Waals surface area contributed by atoms with Crippen LogP contribution in [0.5, 0.6) is 0 Å². The second-order valence-electron chi connectivity index (χ2n) is 4.49. The Balaban J connectivity index is 2.14. The van der Waals surface area contributed by atoms with Gasteiger partial charge < -0.3 is 16.8 Å². The van der Waals surface area contributed by atoms with Gasteiger partial charge in [0.05, 0.1) is 5.92 Å². The van der Waals surface area contributed by atoms with E-state index in [1.165, 1.54) is 4.88 Å². The van der Waals surface area contributed by atoms with E-state index in [0.29, 0.717) is 6.42 Å². The number of rotatable bonds is 4. The van der Waals surface area contributed by atoms with Gasteiger partial charge in [-0.3, -0.25) is 14.4 Å². The van der Waals surface area contributed by atoms with Crippen LogP contribution in [0.25, 0.3) is 0 Å². The SMILES string of the molecule is NC(=O)C(NC(=O)C1CCCc2sccc21)C(N)=O. The number of carbonyl (C=O) groups is 3. The van der Waals surface area contributed by atoms with Crippen LogP contribution < -0.4 is 16.8 Å². The molecule has 19 heavy (non-hydrogen) atoms. The van der Waals surface area contributed by atoms with Gasteiger partial charge >= 0.3 is 0 Å². The summed E-state index contributed by atoms with van der Waals surface area (Å²) in [4.78, 5) is 35.5. The van der Waals surface area contributed by atoms with Crippen molar-refractivity contribution in [3.05, 3.63) is 21.9 Å². The predicted molar refractivity (Wildman–Crippen MR) is 70.3 cm³/mol. The monoisotopic (exact) mass is 281 g/mol. The highest BCUT2D eigenvalue weighted by molar-refractivity contribution is 7.10. The van der Waals surface area contributed by atoms with Gasteiger partial charge in [-0.2, -0.15) is 0 Å². The molecule has 5 N–H and O–H groups in total. The van der Waals surface area contributed by atoms with Crippen molar-refractivity contribution >= 4 is 29.1 Å². The first-order valence-corrected chi connectivity index (χ1v) is 6.84. The molecule has 1 heterocycles. The van der Waals surface area contributed by atoms with Crippen LogP contribution in [-0.4, -0.2) is 23.8 Å². The molecule has 0 fully saturated rings. The third kappa shape index (κ3) is 2.76. The Labute approximate surface area is 114 Å². The first-order chi connectivity index (χ1) is 9.00. The summed E-state index contributed by atoms with van der Waals surface area (Å²) in [6.07, 6.45) is 2.56. The Kier molecular flexibility index (Phi) is 3.84. The van der Waals surface area contributed by atoms with E-state index in [4.69, 9.17) is 11.5 Å². The lowest BCUT2D eigenvalue weighted by Gasteiger charge is -2.23. The normalized spacial score (nSPS) is 17.8. The van der Waals surface area contributed by atoms with Gasteiger partial charge in [-0.15, -0.1) is 11.3 Å². The minimum absolute atomic E-state index is 0.337. The number of carbonyl (C=O) groups excluding carboxylic acids is 3. The molecule has 1 unspecified atom stereocenters. The van der Waals surface area contributed by atoms with Crippen LogP contribution in [0.15, 0.2) is 11.4 Å². The molecule has 0 saturated carbocycles. The second kappa shape index (κ2) is 5.40. The largest absolute Gasteiger partial charge is 0.367 e. The lowest BCUT2D eigenvalue weighted by Crippen LogP contribution is -2.53. The minimum atomic E-state index is -1.45. The number of hydrogen-bond donors (Lipinski definition) is 3. The molecule has 0 bridgehead atoms. The number of aryl methyl sites for hydroxylation is 1. The number of primary amides is 2. The van der Waals surface area contributed by atoms with Gasteiger partial charge in [-0.25, -0.2) is 0 Å². The van der Waals surface area contributed by atoms with Crippen molar-refractivity contribution in [1.29, 1.82) is 0 Å². The Morgan fingerprint density at radius 3 is 2.63 bits per heavy atom. The van der Waals surface area contributed by atoms with Gasteiger partial charge in [0.2, 0.25) is 17.7 Å². The zero-order valence-corrected chi connectivity index (χ0v) is 11.0. The summed E-state index contributed by atoms with van der Waals surface area (Å²) < 4.78 is 0. The van der Waals surface area contributed by atoms with Crippen molar-refractivity contribution in [2.24, 2.45) is 11.5 Å². The van der Waals surface area contributed by atoms with E-state index in [0.717, 1.165) is 18.4 Å². The summed E-state index contributed by atoms with van der Waals surface area (Å²) in [5, 5.41) is 4.27. The van der Waals surface area contributed by atoms with Crippen LogP contribution in [0, 0.1) is 0 Å². The van der Waals surface area contributed by atoms with E-state index in [9.17, 15) is 14.4 Å². The molecular formula is C12H15N3O3S. The molecule has 7 heteroatoms. The Hall–Kier alpha value is -1.89. The van der Waals surface area contributed by atoms with Crippen LogP contribution in [0.2, 0.25) is 0 Å². The molecule has 0 saturated heterocycles. The number of nitrogens with one attached hydrogen (secondary N) is 1. The first kappa shape index (κ1) is 13.5. The maximum atomic E-state index is 12.2. The standard InChI is InChI=1S/C12H15N3O3S/c13-10(16)9(11(14)17)15-12(18)7-2-1-3-8-6(7)4-5-19-8/h4-5,7,9H,1-3H2,(H2,13,16)(H2,14,17)(H,15,18). The molecule has 1 aliphatic carbocycles. The number of amides is 3. The molecular weight excluding hydrogens is 266 g/mol. The van der Waals surface area contributed by atoms with Crippen molar-refractivity contribution < 1.29 is 14.4 Å². The number of hydrogen-bond acceptors (Lipinski definition) is 4. The summed E-state index contributed by atoms with van der Waals surface area (Å²) in [5.41, 5.74) is 11.0. The van der Waals surface area contributed by atoms with E-state index < -0.39 is 17.9 Å². The van der Waals surface area contributed by atoms with E-state index in [-0.39, 0.29) is 11.8 Å². The lowest BCUT2D eigenvalue weighted by molar-refractivity contribution is -0.134. The molecule has 3 amide bonds. The van der Waals surface area contributed by atoms with Crippen molar-refractivity contribution in [3.63, 3.8) is 0 Å². The summed E-state index contributed by atoms with van der Waals surface area (Å²) in [6, 6.07) is 0.462. The highest BCUT2D eigenvalue weighted by Gasteiger charge is 2.31. The van der Waals surface area contributed by atoms with Crippen molar-refractivity contribution in [3.8, 4) is 0 Å². The molecule has 1 aromatic rings. The number of thiophene rings is 1. The minimum Gasteiger partial charge on any atom is -0.367 e. The predicted octanol–water partition coefficient (Wildman–Crippen LogP) is -0.377. The zero-order chi connectivity index (χ0) is 14.0. The van der Waals surface area contributed by atoms with Gasteiger partial charge in [-0.05, 0) is 36.3 Å². The maximum Gasteiger partial charge on any atom is 0.249 e. The molecule has 1 aromatic heterocycles. The second-order valence-corrected chi connectivity index (χ2v) is 5.49. The maximum absolute atomic E-state index is 12.2. The fourth-order valence-electron chi connectivity index (χ4n) is 2.28. The van der Waals surface area contributed by atoms with Gasteiger partial charge in [0, 0.05) is 4.88 Å². The van der Waals surface area contributed by atoms with E-state index in [2.05, 4.69) is 5.32 Å². The Morgan fingerprint density at radius 2 is 2.00 bits per heavy atom. The van der Waals surface area contributed by atoms with Crippen LogP contribution >= 0.6 is 11.3 Å². The zero-order valence-electron chi connectivity index (χ0n) is 10.2. The van der Waals surface area contributed by atoms with Crippen molar-refractivity contribution in [2.75, 3.05) is 0 Å². The van der Waals surface area contributed by atoms with Gasteiger partial charge in [0.1, 0.15) is 0 Å². The molecule has 2 rings (SSSR count). The molecule has 0 aliphatic heterocycles. The topological polar surface area (TPSA) is 115 Å². The third-order valence-electron chi connectivity index (χ3n) is 3.22. The average molecular weight is 281 g/mol. The average Bonchev–Trinajstić information content (AvgIpc) is 2.82. The third-order valence-corrected chi connectivity index (χ3v) is 4.22. The molecule has 1 atom stereocenters. The summed E-state index contributed by atoms with van der Waals surface area (Å²) in [7, 11) is 0. The molecule has 0 aromatic carbocycles. The molecule has 1 aliphatic rings. The molecule has 0 spiro atoms. The molecule has 6 nitrogen and oxygen atoms in total. The fourth-order valence-corrected chi connectivity index (χ4v) is 3.27. The van der Waals surface area contributed by atoms with E-state index in [1.54, 1.807) is 11.3 Å². The summed E-state index contributed by atoms with van der Waals surface area (Å²) >= 11 is 1.61. The van der Waals surface area contributed by atoms with E-state index >= 15 is 0 Å². The van der Waals surface area contributed by atoms with Gasteiger partial charge in [-0.1, -0.05) is 0 Å². The molecule has 0 radical (unpaired) electrons. The lowest BCUT2D eigenvalue weighted by atomic mass is 9.87. The Morgan fingerprint density at radius 1 is 1.32 bits per heavy atom. The Bertz CT molecular complexity index is 512. The van der Waals surface area contributed by atoms with Crippen LogP contribution in [0.3, 0.4) is 0 Å². The number of fused-ring (bicyclic) bond motifs is 1. The first-order valence-electron chi connectivity index (χ1n) is 5.96.